The third kappa shape index (κ3) is 3.43. The highest BCUT2D eigenvalue weighted by atomic mass is 16.5. The number of hydrogen-bond acceptors (Lipinski definition) is 3. The van der Waals surface area contributed by atoms with Crippen molar-refractivity contribution in [2.45, 2.75) is 64.2 Å². The molecule has 0 amide bonds. The lowest BCUT2D eigenvalue weighted by Crippen LogP contribution is -2.45. The minimum absolute atomic E-state index is 0.497. The van der Waals surface area contributed by atoms with Crippen LogP contribution in [0.2, 0.25) is 0 Å². The number of likely N-dealkylation sites (tertiary alicyclic amines) is 1. The second kappa shape index (κ2) is 5.68. The summed E-state index contributed by atoms with van der Waals surface area (Å²) in [5.74, 6) is 0.639. The maximum atomic E-state index is 5.31. The summed E-state index contributed by atoms with van der Waals surface area (Å²) in [4.78, 5) is 2.70. The maximum absolute atomic E-state index is 5.31. The molecule has 1 aliphatic heterocycles. The van der Waals surface area contributed by atoms with E-state index in [1.54, 1.807) is 7.11 Å². The van der Waals surface area contributed by atoms with Crippen LogP contribution in [0.5, 0.6) is 0 Å². The molecule has 2 rings (SSSR count). The normalized spacial score (nSPS) is 32.3. The Bertz CT molecular complexity index is 240. The zero-order valence-corrected chi connectivity index (χ0v) is 11.8. The topological polar surface area (TPSA) is 24.5 Å². The zero-order valence-electron chi connectivity index (χ0n) is 11.8. The number of nitrogens with one attached hydrogen (secondary N) is 1. The van der Waals surface area contributed by atoms with Gasteiger partial charge in [-0.1, -0.05) is 13.8 Å². The highest BCUT2D eigenvalue weighted by molar-refractivity contribution is 4.96. The average molecular weight is 240 g/mol. The van der Waals surface area contributed by atoms with Crippen LogP contribution in [0.3, 0.4) is 0 Å². The molecule has 1 heterocycles. The van der Waals surface area contributed by atoms with Gasteiger partial charge in [0.05, 0.1) is 6.61 Å². The molecule has 1 aliphatic carbocycles. The van der Waals surface area contributed by atoms with Crippen LogP contribution in [0.15, 0.2) is 0 Å². The van der Waals surface area contributed by atoms with Gasteiger partial charge in [0.2, 0.25) is 0 Å². The van der Waals surface area contributed by atoms with E-state index in [4.69, 9.17) is 4.74 Å². The van der Waals surface area contributed by atoms with Crippen molar-refractivity contribution in [1.82, 2.24) is 10.2 Å². The Morgan fingerprint density at radius 2 is 2.06 bits per heavy atom. The molecule has 2 fully saturated rings. The monoisotopic (exact) mass is 240 g/mol. The van der Waals surface area contributed by atoms with Gasteiger partial charge in [0.15, 0.2) is 0 Å². The fourth-order valence-corrected chi connectivity index (χ4v) is 3.01. The summed E-state index contributed by atoms with van der Waals surface area (Å²) in [6, 6.07) is 2.82. The molecule has 0 radical (unpaired) electrons. The molecule has 1 N–H and O–H groups in total. The zero-order chi connectivity index (χ0) is 12.4. The van der Waals surface area contributed by atoms with Crippen LogP contribution in [-0.4, -0.2) is 49.3 Å². The number of hydrogen-bond donors (Lipinski definition) is 1. The molecule has 2 aliphatic rings. The highest BCUT2D eigenvalue weighted by Crippen LogP contribution is 2.33. The van der Waals surface area contributed by atoms with Gasteiger partial charge in [-0.25, -0.2) is 0 Å². The van der Waals surface area contributed by atoms with Crippen LogP contribution in [0, 0.1) is 5.92 Å². The van der Waals surface area contributed by atoms with Crippen LogP contribution < -0.4 is 5.32 Å². The first-order valence-corrected chi connectivity index (χ1v) is 7.12. The average Bonchev–Trinajstić information content (AvgIpc) is 3.03. The van der Waals surface area contributed by atoms with Gasteiger partial charge < -0.3 is 10.1 Å². The molecule has 0 aromatic carbocycles. The van der Waals surface area contributed by atoms with Crippen molar-refractivity contribution < 1.29 is 4.74 Å². The lowest BCUT2D eigenvalue weighted by atomic mass is 10.0. The molecule has 3 unspecified atom stereocenters. The first-order chi connectivity index (χ1) is 8.11. The van der Waals surface area contributed by atoms with Crippen LogP contribution in [-0.2, 0) is 4.74 Å². The minimum atomic E-state index is 0.497. The van der Waals surface area contributed by atoms with Gasteiger partial charge in [-0.2, -0.15) is 0 Å². The van der Waals surface area contributed by atoms with Gasteiger partial charge in [0, 0.05) is 37.8 Å². The van der Waals surface area contributed by atoms with Crippen molar-refractivity contribution in [1.29, 1.82) is 0 Å². The number of nitrogens with zero attached hydrogens (tertiary/aromatic N) is 1. The van der Waals surface area contributed by atoms with Gasteiger partial charge in [-0.3, -0.25) is 4.90 Å². The predicted molar refractivity (Wildman–Crippen MR) is 71.2 cm³/mol. The van der Waals surface area contributed by atoms with Gasteiger partial charge in [-0.05, 0) is 32.1 Å². The molecule has 0 aromatic rings. The molecule has 17 heavy (non-hydrogen) atoms. The van der Waals surface area contributed by atoms with Crippen molar-refractivity contribution in [3.05, 3.63) is 0 Å². The minimum Gasteiger partial charge on any atom is -0.383 e. The summed E-state index contributed by atoms with van der Waals surface area (Å²) >= 11 is 0. The Balaban J connectivity index is 1.82. The van der Waals surface area contributed by atoms with E-state index >= 15 is 0 Å². The van der Waals surface area contributed by atoms with E-state index in [0.717, 1.165) is 18.7 Å². The maximum Gasteiger partial charge on any atom is 0.0618 e. The summed E-state index contributed by atoms with van der Waals surface area (Å²) in [5.41, 5.74) is 0. The van der Waals surface area contributed by atoms with E-state index in [1.807, 2.05) is 0 Å². The highest BCUT2D eigenvalue weighted by Gasteiger charge is 2.39. The van der Waals surface area contributed by atoms with E-state index in [1.165, 1.54) is 25.8 Å². The van der Waals surface area contributed by atoms with Gasteiger partial charge in [0.1, 0.15) is 0 Å². The van der Waals surface area contributed by atoms with Gasteiger partial charge in [0.25, 0.3) is 0 Å². The number of methoxy groups -OCH3 is 1. The van der Waals surface area contributed by atoms with Gasteiger partial charge >= 0.3 is 0 Å². The second-order valence-electron chi connectivity index (χ2n) is 6.18. The van der Waals surface area contributed by atoms with E-state index in [9.17, 15) is 0 Å². The van der Waals surface area contributed by atoms with Crippen LogP contribution in [0.1, 0.15) is 40.0 Å². The number of ether oxygens (including phenoxy) is 1. The molecule has 3 heteroatoms. The quantitative estimate of drug-likeness (QED) is 0.767. The standard InChI is InChI=1S/C14H28N2O/c1-10(2)14(9-17-4)15-12-7-11(3)16(8-12)13-5-6-13/h10-15H,5-9H2,1-4H3. The fraction of sp³-hybridized carbons (Fsp3) is 1.00. The summed E-state index contributed by atoms with van der Waals surface area (Å²) in [7, 11) is 1.80. The fourth-order valence-electron chi connectivity index (χ4n) is 3.01. The van der Waals surface area contributed by atoms with E-state index in [-0.39, 0.29) is 0 Å². The third-order valence-electron chi connectivity index (χ3n) is 4.24. The summed E-state index contributed by atoms with van der Waals surface area (Å²) in [6.45, 7) is 8.98. The first kappa shape index (κ1) is 13.3. The van der Waals surface area contributed by atoms with Crippen molar-refractivity contribution in [3.63, 3.8) is 0 Å². The Kier molecular flexibility index (Phi) is 4.45. The Morgan fingerprint density at radius 3 is 2.59 bits per heavy atom. The Morgan fingerprint density at radius 1 is 1.35 bits per heavy atom. The van der Waals surface area contributed by atoms with Crippen molar-refractivity contribution >= 4 is 0 Å². The Hall–Kier alpha value is -0.120. The SMILES string of the molecule is COCC(NC1CC(C)N(C2CC2)C1)C(C)C. The van der Waals surface area contributed by atoms with Gasteiger partial charge in [-0.15, -0.1) is 0 Å². The number of rotatable bonds is 6. The molecule has 0 bridgehead atoms. The molecule has 0 spiro atoms. The molecular weight excluding hydrogens is 212 g/mol. The molecule has 1 saturated carbocycles. The third-order valence-corrected chi connectivity index (χ3v) is 4.24. The Labute approximate surface area is 106 Å². The van der Waals surface area contributed by atoms with Crippen molar-refractivity contribution in [2.75, 3.05) is 20.3 Å². The van der Waals surface area contributed by atoms with E-state index in [0.29, 0.717) is 18.0 Å². The summed E-state index contributed by atoms with van der Waals surface area (Å²) < 4.78 is 5.31. The molecular formula is C14H28N2O. The van der Waals surface area contributed by atoms with Crippen molar-refractivity contribution in [3.8, 4) is 0 Å². The summed E-state index contributed by atoms with van der Waals surface area (Å²) in [5, 5.41) is 3.79. The molecule has 100 valence electrons. The lowest BCUT2D eigenvalue weighted by molar-refractivity contribution is 0.140. The predicted octanol–water partition coefficient (Wildman–Crippen LogP) is 1.87. The van der Waals surface area contributed by atoms with E-state index < -0.39 is 0 Å². The smallest absolute Gasteiger partial charge is 0.0618 e. The molecule has 0 aromatic heterocycles. The van der Waals surface area contributed by atoms with Crippen LogP contribution in [0.25, 0.3) is 0 Å². The van der Waals surface area contributed by atoms with E-state index in [2.05, 4.69) is 31.0 Å². The summed E-state index contributed by atoms with van der Waals surface area (Å²) in [6.07, 6.45) is 4.13. The molecule has 1 saturated heterocycles. The van der Waals surface area contributed by atoms with Crippen LogP contribution in [0.4, 0.5) is 0 Å². The van der Waals surface area contributed by atoms with Crippen molar-refractivity contribution in [2.24, 2.45) is 5.92 Å². The molecule has 3 atom stereocenters. The molecule has 3 nitrogen and oxygen atoms in total. The lowest BCUT2D eigenvalue weighted by Gasteiger charge is -2.26. The second-order valence-corrected chi connectivity index (χ2v) is 6.18. The first-order valence-electron chi connectivity index (χ1n) is 7.12. The van der Waals surface area contributed by atoms with Crippen LogP contribution >= 0.6 is 0 Å². The largest absolute Gasteiger partial charge is 0.383 e.